The van der Waals surface area contributed by atoms with Gasteiger partial charge < -0.3 is 10.1 Å². The molecule has 2 rings (SSSR count). The van der Waals surface area contributed by atoms with Gasteiger partial charge in [0.15, 0.2) is 0 Å². The molecule has 1 N–H and O–H groups in total. The van der Waals surface area contributed by atoms with Gasteiger partial charge in [-0.05, 0) is 49.3 Å². The molecule has 1 aliphatic rings. The molecule has 0 saturated heterocycles. The van der Waals surface area contributed by atoms with Gasteiger partial charge >= 0.3 is 0 Å². The number of nitrogens with one attached hydrogen (secondary N) is 1. The first-order valence-electron chi connectivity index (χ1n) is 7.50. The minimum Gasteiger partial charge on any atom is -0.497 e. The summed E-state index contributed by atoms with van der Waals surface area (Å²) in [5, 5.41) is 3.81. The van der Waals surface area contributed by atoms with E-state index in [0.29, 0.717) is 12.1 Å². The zero-order chi connectivity index (χ0) is 13.8. The van der Waals surface area contributed by atoms with E-state index < -0.39 is 0 Å². The first-order chi connectivity index (χ1) is 9.10. The highest BCUT2D eigenvalue weighted by Crippen LogP contribution is 2.30. The molecule has 1 saturated carbocycles. The SMILES string of the molecule is COc1ccc(C(C)NC2CC(C)CCC2C)cc1. The maximum atomic E-state index is 5.21. The van der Waals surface area contributed by atoms with Crippen LogP contribution in [0.5, 0.6) is 5.75 Å². The van der Waals surface area contributed by atoms with E-state index in [-0.39, 0.29) is 0 Å². The maximum absolute atomic E-state index is 5.21. The summed E-state index contributed by atoms with van der Waals surface area (Å²) < 4.78 is 5.21. The van der Waals surface area contributed by atoms with Crippen molar-refractivity contribution < 1.29 is 4.74 Å². The summed E-state index contributed by atoms with van der Waals surface area (Å²) in [4.78, 5) is 0. The third-order valence-electron chi connectivity index (χ3n) is 4.54. The molecule has 0 spiro atoms. The van der Waals surface area contributed by atoms with Crippen LogP contribution in [0.3, 0.4) is 0 Å². The van der Waals surface area contributed by atoms with Gasteiger partial charge in [0.05, 0.1) is 7.11 Å². The van der Waals surface area contributed by atoms with Gasteiger partial charge in [0.25, 0.3) is 0 Å². The summed E-state index contributed by atoms with van der Waals surface area (Å²) in [5.74, 6) is 2.57. The van der Waals surface area contributed by atoms with Crippen molar-refractivity contribution in [2.45, 2.75) is 52.1 Å². The van der Waals surface area contributed by atoms with E-state index in [0.717, 1.165) is 17.6 Å². The Morgan fingerprint density at radius 3 is 2.47 bits per heavy atom. The fraction of sp³-hybridized carbons (Fsp3) is 0.647. The molecule has 1 fully saturated rings. The van der Waals surface area contributed by atoms with E-state index in [4.69, 9.17) is 4.74 Å². The van der Waals surface area contributed by atoms with Crippen LogP contribution in [-0.4, -0.2) is 13.2 Å². The Bertz CT molecular complexity index is 387. The molecular formula is C17H27NO. The number of hydrogen-bond acceptors (Lipinski definition) is 2. The quantitative estimate of drug-likeness (QED) is 0.878. The van der Waals surface area contributed by atoms with Gasteiger partial charge in [-0.1, -0.05) is 32.4 Å². The number of ether oxygens (including phenoxy) is 1. The van der Waals surface area contributed by atoms with Gasteiger partial charge in [-0.25, -0.2) is 0 Å². The van der Waals surface area contributed by atoms with Crippen molar-refractivity contribution in [1.29, 1.82) is 0 Å². The van der Waals surface area contributed by atoms with E-state index in [9.17, 15) is 0 Å². The van der Waals surface area contributed by atoms with E-state index in [2.05, 4.69) is 38.2 Å². The molecule has 0 amide bonds. The Kier molecular flexibility index (Phi) is 4.87. The zero-order valence-corrected chi connectivity index (χ0v) is 12.6. The number of rotatable bonds is 4. The fourth-order valence-corrected chi connectivity index (χ4v) is 3.07. The first kappa shape index (κ1) is 14.4. The molecule has 0 bridgehead atoms. The molecule has 1 aromatic rings. The summed E-state index contributed by atoms with van der Waals surface area (Å²) in [6.07, 6.45) is 4.05. The highest BCUT2D eigenvalue weighted by molar-refractivity contribution is 5.28. The summed E-state index contributed by atoms with van der Waals surface area (Å²) >= 11 is 0. The van der Waals surface area contributed by atoms with Gasteiger partial charge in [0.2, 0.25) is 0 Å². The van der Waals surface area contributed by atoms with Crippen LogP contribution < -0.4 is 10.1 Å². The van der Waals surface area contributed by atoms with Crippen molar-refractivity contribution in [3.05, 3.63) is 29.8 Å². The van der Waals surface area contributed by atoms with Crippen LogP contribution >= 0.6 is 0 Å². The Morgan fingerprint density at radius 1 is 1.16 bits per heavy atom. The third-order valence-corrected chi connectivity index (χ3v) is 4.54. The van der Waals surface area contributed by atoms with Gasteiger partial charge in [0.1, 0.15) is 5.75 Å². The Morgan fingerprint density at radius 2 is 1.84 bits per heavy atom. The predicted molar refractivity (Wildman–Crippen MR) is 80.5 cm³/mol. The van der Waals surface area contributed by atoms with Crippen LogP contribution in [0.15, 0.2) is 24.3 Å². The molecule has 2 heteroatoms. The summed E-state index contributed by atoms with van der Waals surface area (Å²) in [6.45, 7) is 7.01. The van der Waals surface area contributed by atoms with Crippen LogP contribution in [-0.2, 0) is 0 Å². The molecular weight excluding hydrogens is 234 g/mol. The molecule has 0 heterocycles. The standard InChI is InChI=1S/C17H27NO/c1-12-5-6-13(2)17(11-12)18-14(3)15-7-9-16(19-4)10-8-15/h7-10,12-14,17-18H,5-6,11H2,1-4H3. The second kappa shape index (κ2) is 6.42. The average molecular weight is 261 g/mol. The lowest BCUT2D eigenvalue weighted by molar-refractivity contribution is 0.216. The first-order valence-corrected chi connectivity index (χ1v) is 7.50. The Hall–Kier alpha value is -1.02. The van der Waals surface area contributed by atoms with Crippen LogP contribution in [0.25, 0.3) is 0 Å². The summed E-state index contributed by atoms with van der Waals surface area (Å²) in [5.41, 5.74) is 1.34. The second-order valence-electron chi connectivity index (χ2n) is 6.16. The van der Waals surface area contributed by atoms with Crippen LogP contribution in [0.4, 0.5) is 0 Å². The van der Waals surface area contributed by atoms with Gasteiger partial charge in [0, 0.05) is 12.1 Å². The summed E-state index contributed by atoms with van der Waals surface area (Å²) in [7, 11) is 1.71. The Labute approximate surface area is 117 Å². The van der Waals surface area contributed by atoms with Crippen molar-refractivity contribution in [1.82, 2.24) is 5.32 Å². The van der Waals surface area contributed by atoms with Gasteiger partial charge in [-0.15, -0.1) is 0 Å². The van der Waals surface area contributed by atoms with E-state index in [1.54, 1.807) is 7.11 Å². The highest BCUT2D eigenvalue weighted by atomic mass is 16.5. The van der Waals surface area contributed by atoms with Crippen molar-refractivity contribution in [2.24, 2.45) is 11.8 Å². The van der Waals surface area contributed by atoms with Gasteiger partial charge in [-0.2, -0.15) is 0 Å². The second-order valence-corrected chi connectivity index (χ2v) is 6.16. The van der Waals surface area contributed by atoms with Crippen molar-refractivity contribution in [3.63, 3.8) is 0 Å². The highest BCUT2D eigenvalue weighted by Gasteiger charge is 2.26. The lowest BCUT2D eigenvalue weighted by atomic mass is 9.79. The van der Waals surface area contributed by atoms with E-state index >= 15 is 0 Å². The maximum Gasteiger partial charge on any atom is 0.118 e. The van der Waals surface area contributed by atoms with E-state index in [1.165, 1.54) is 24.8 Å². The molecule has 0 aliphatic heterocycles. The minimum atomic E-state index is 0.406. The molecule has 4 atom stereocenters. The van der Waals surface area contributed by atoms with Crippen molar-refractivity contribution in [2.75, 3.05) is 7.11 Å². The number of methoxy groups -OCH3 is 1. The van der Waals surface area contributed by atoms with E-state index in [1.807, 2.05) is 12.1 Å². The topological polar surface area (TPSA) is 21.3 Å². The smallest absolute Gasteiger partial charge is 0.118 e. The molecule has 0 aromatic heterocycles. The van der Waals surface area contributed by atoms with Crippen LogP contribution in [0.2, 0.25) is 0 Å². The van der Waals surface area contributed by atoms with Crippen molar-refractivity contribution in [3.8, 4) is 5.75 Å². The lowest BCUT2D eigenvalue weighted by Crippen LogP contribution is -2.40. The molecule has 2 nitrogen and oxygen atoms in total. The molecule has 4 unspecified atom stereocenters. The number of hydrogen-bond donors (Lipinski definition) is 1. The van der Waals surface area contributed by atoms with Crippen LogP contribution in [0.1, 0.15) is 51.6 Å². The third kappa shape index (κ3) is 3.73. The van der Waals surface area contributed by atoms with Crippen LogP contribution in [0, 0.1) is 11.8 Å². The monoisotopic (exact) mass is 261 g/mol. The molecule has 19 heavy (non-hydrogen) atoms. The summed E-state index contributed by atoms with van der Waals surface area (Å²) in [6, 6.07) is 9.46. The average Bonchev–Trinajstić information content (AvgIpc) is 2.43. The number of benzene rings is 1. The predicted octanol–water partition coefficient (Wildman–Crippen LogP) is 4.17. The fourth-order valence-electron chi connectivity index (χ4n) is 3.07. The molecule has 0 radical (unpaired) electrons. The zero-order valence-electron chi connectivity index (χ0n) is 12.6. The molecule has 106 valence electrons. The molecule has 1 aromatic carbocycles. The molecule has 1 aliphatic carbocycles. The van der Waals surface area contributed by atoms with Crippen molar-refractivity contribution >= 4 is 0 Å². The Balaban J connectivity index is 1.97. The lowest BCUT2D eigenvalue weighted by Gasteiger charge is -2.35. The van der Waals surface area contributed by atoms with Gasteiger partial charge in [-0.3, -0.25) is 0 Å². The minimum absolute atomic E-state index is 0.406. The normalized spacial score (nSPS) is 28.9. The largest absolute Gasteiger partial charge is 0.497 e.